The van der Waals surface area contributed by atoms with Gasteiger partial charge in [0.25, 0.3) is 0 Å². The molecule has 0 heterocycles. The molecule has 0 saturated heterocycles. The van der Waals surface area contributed by atoms with Gasteiger partial charge in [0.15, 0.2) is 0 Å². The molecule has 0 fully saturated rings. The lowest BCUT2D eigenvalue weighted by atomic mass is 9.92. The Kier molecular flexibility index (Phi) is 32.5. The maximum atomic E-state index is 12.8. The zero-order valence-corrected chi connectivity index (χ0v) is 28.8. The molecule has 250 valence electrons. The average molecular weight is 616 g/mol. The molecule has 0 spiro atoms. The van der Waals surface area contributed by atoms with Crippen LogP contribution in [-0.2, 0) is 19.1 Å². The minimum atomic E-state index is -0.333. The Morgan fingerprint density at radius 3 is 1.83 bits per heavy atom. The van der Waals surface area contributed by atoms with Gasteiger partial charge in [0.2, 0.25) is 0 Å². The van der Waals surface area contributed by atoms with E-state index in [0.717, 1.165) is 69.3 Å². The van der Waals surface area contributed by atoms with E-state index >= 15 is 0 Å². The Balaban J connectivity index is 4.09. The van der Waals surface area contributed by atoms with Crippen molar-refractivity contribution in [2.75, 3.05) is 37.9 Å². The molecule has 0 amide bonds. The van der Waals surface area contributed by atoms with Crippen LogP contribution < -0.4 is 5.32 Å². The number of aliphatic hydroxyl groups excluding tert-OH is 1. The van der Waals surface area contributed by atoms with Crippen molar-refractivity contribution in [3.63, 3.8) is 0 Å². The summed E-state index contributed by atoms with van der Waals surface area (Å²) >= 11 is 1.86. The van der Waals surface area contributed by atoms with Gasteiger partial charge in [-0.15, -0.1) is 0 Å². The first-order valence-corrected chi connectivity index (χ1v) is 19.0. The van der Waals surface area contributed by atoms with E-state index in [1.54, 1.807) is 0 Å². The first kappa shape index (κ1) is 41.2. The van der Waals surface area contributed by atoms with Crippen LogP contribution in [0.2, 0.25) is 0 Å². The Morgan fingerprint density at radius 2 is 1.21 bits per heavy atom. The van der Waals surface area contributed by atoms with Crippen molar-refractivity contribution in [3.05, 3.63) is 0 Å². The van der Waals surface area contributed by atoms with Gasteiger partial charge in [0, 0.05) is 18.7 Å². The summed E-state index contributed by atoms with van der Waals surface area (Å²) in [6.07, 6.45) is 24.9. The van der Waals surface area contributed by atoms with Crippen LogP contribution in [0.15, 0.2) is 0 Å². The smallest absolute Gasteiger partial charge is 0.323 e. The minimum Gasteiger partial charge on any atom is -0.465 e. The number of carbonyl (C=O) groups excluding carboxylic acids is 2. The highest BCUT2D eigenvalue weighted by atomic mass is 32.2. The topological polar surface area (TPSA) is 84.9 Å². The highest BCUT2D eigenvalue weighted by Gasteiger charge is 2.19. The lowest BCUT2D eigenvalue weighted by molar-refractivity contribution is -0.147. The van der Waals surface area contributed by atoms with Crippen molar-refractivity contribution in [3.8, 4) is 0 Å². The minimum absolute atomic E-state index is 0.0207. The average Bonchev–Trinajstić information content (AvgIpc) is 2.99. The molecule has 0 aromatic rings. The second-order valence-corrected chi connectivity index (χ2v) is 13.2. The quantitative estimate of drug-likeness (QED) is 0.0563. The van der Waals surface area contributed by atoms with E-state index in [-0.39, 0.29) is 24.6 Å². The van der Waals surface area contributed by atoms with Gasteiger partial charge in [0.05, 0.1) is 13.2 Å². The molecular formula is C35H69NO5S. The van der Waals surface area contributed by atoms with Gasteiger partial charge < -0.3 is 19.9 Å². The highest BCUT2D eigenvalue weighted by Crippen LogP contribution is 2.22. The summed E-state index contributed by atoms with van der Waals surface area (Å²) in [7, 11) is 0. The van der Waals surface area contributed by atoms with Gasteiger partial charge in [-0.3, -0.25) is 9.59 Å². The fraction of sp³-hybridized carbons (Fsp3) is 0.943. The monoisotopic (exact) mass is 615 g/mol. The number of rotatable bonds is 33. The number of aliphatic hydroxyl groups is 1. The predicted molar refractivity (Wildman–Crippen MR) is 180 cm³/mol. The Hall–Kier alpha value is -0.790. The zero-order valence-electron chi connectivity index (χ0n) is 27.9. The van der Waals surface area contributed by atoms with Gasteiger partial charge in [-0.05, 0) is 37.4 Å². The Bertz CT molecular complexity index is 580. The molecule has 42 heavy (non-hydrogen) atoms. The summed E-state index contributed by atoms with van der Waals surface area (Å²) in [5.74, 6) is 2.48. The van der Waals surface area contributed by atoms with E-state index in [2.05, 4.69) is 26.1 Å². The van der Waals surface area contributed by atoms with Crippen molar-refractivity contribution in [1.29, 1.82) is 0 Å². The number of hydrogen-bond acceptors (Lipinski definition) is 7. The van der Waals surface area contributed by atoms with Crippen LogP contribution in [0.25, 0.3) is 0 Å². The second-order valence-electron chi connectivity index (χ2n) is 12.0. The van der Waals surface area contributed by atoms with Crippen molar-refractivity contribution in [2.45, 2.75) is 168 Å². The van der Waals surface area contributed by atoms with Gasteiger partial charge >= 0.3 is 11.9 Å². The third-order valence-electron chi connectivity index (χ3n) is 8.00. The summed E-state index contributed by atoms with van der Waals surface area (Å²) in [5, 5.41) is 12.5. The lowest BCUT2D eigenvalue weighted by Crippen LogP contribution is -2.39. The van der Waals surface area contributed by atoms with E-state index in [9.17, 15) is 14.7 Å². The molecule has 1 unspecified atom stereocenters. The summed E-state index contributed by atoms with van der Waals surface area (Å²) in [6.45, 7) is 8.17. The van der Waals surface area contributed by atoms with E-state index in [1.807, 2.05) is 11.8 Å². The van der Waals surface area contributed by atoms with Gasteiger partial charge in [-0.2, -0.15) is 11.8 Å². The number of thioether (sulfide) groups is 1. The molecule has 0 aliphatic carbocycles. The number of unbranched alkanes of at least 4 members (excludes halogenated alkanes) is 13. The summed E-state index contributed by atoms with van der Waals surface area (Å²) in [5.41, 5.74) is 0. The summed E-state index contributed by atoms with van der Waals surface area (Å²) in [6, 6.07) is -0.333. The van der Waals surface area contributed by atoms with Crippen LogP contribution >= 0.6 is 11.8 Å². The number of ether oxygens (including phenoxy) is 2. The summed E-state index contributed by atoms with van der Waals surface area (Å²) in [4.78, 5) is 24.7. The van der Waals surface area contributed by atoms with E-state index in [4.69, 9.17) is 9.47 Å². The third-order valence-corrected chi connectivity index (χ3v) is 9.03. The highest BCUT2D eigenvalue weighted by molar-refractivity contribution is 7.99. The van der Waals surface area contributed by atoms with Gasteiger partial charge in [0.1, 0.15) is 12.6 Å². The van der Waals surface area contributed by atoms with Crippen LogP contribution in [0.1, 0.15) is 162 Å². The SMILES string of the molecule is CCCCCCC(CCCCCC)CCOC(=O)C(CCCCCCCCCC(=O)OCCSCCCC)NCCO. The van der Waals surface area contributed by atoms with E-state index < -0.39 is 0 Å². The largest absolute Gasteiger partial charge is 0.465 e. The van der Waals surface area contributed by atoms with Crippen LogP contribution in [0.3, 0.4) is 0 Å². The molecule has 0 rings (SSSR count). The summed E-state index contributed by atoms with van der Waals surface area (Å²) < 4.78 is 11.1. The van der Waals surface area contributed by atoms with Gasteiger partial charge in [-0.1, -0.05) is 130 Å². The molecule has 0 aromatic heterocycles. The van der Waals surface area contributed by atoms with Crippen LogP contribution in [0.4, 0.5) is 0 Å². The fourth-order valence-electron chi connectivity index (χ4n) is 5.26. The molecule has 7 heteroatoms. The molecule has 0 aliphatic heterocycles. The van der Waals surface area contributed by atoms with E-state index in [0.29, 0.717) is 32.1 Å². The number of carbonyl (C=O) groups is 2. The molecule has 0 bridgehead atoms. The second kappa shape index (κ2) is 33.1. The van der Waals surface area contributed by atoms with Crippen LogP contribution in [-0.4, -0.2) is 61.0 Å². The Labute approximate surface area is 264 Å². The van der Waals surface area contributed by atoms with Crippen LogP contribution in [0.5, 0.6) is 0 Å². The normalized spacial score (nSPS) is 12.1. The van der Waals surface area contributed by atoms with Crippen LogP contribution in [0, 0.1) is 5.92 Å². The first-order chi connectivity index (χ1) is 20.6. The first-order valence-electron chi connectivity index (χ1n) is 17.8. The molecule has 0 radical (unpaired) electrons. The van der Waals surface area contributed by atoms with E-state index in [1.165, 1.54) is 77.0 Å². The molecule has 0 aromatic carbocycles. The number of hydrogen-bond donors (Lipinski definition) is 2. The zero-order chi connectivity index (χ0) is 30.9. The standard InChI is InChI=1S/C35H69NO5S/c1-4-7-10-17-21-32(22-18-11-8-5-2)25-28-41-35(39)33(36-26-27-37)23-19-15-13-12-14-16-20-24-34(38)40-29-31-42-30-9-6-3/h32-33,36-37H,4-31H2,1-3H3. The molecule has 2 N–H and O–H groups in total. The number of esters is 2. The molecule has 1 atom stereocenters. The van der Waals surface area contributed by atoms with Crippen molar-refractivity contribution >= 4 is 23.7 Å². The third kappa shape index (κ3) is 28.0. The maximum absolute atomic E-state index is 12.8. The fourth-order valence-corrected chi connectivity index (χ4v) is 6.16. The van der Waals surface area contributed by atoms with Crippen molar-refractivity contribution in [1.82, 2.24) is 5.32 Å². The molecule has 6 nitrogen and oxygen atoms in total. The number of nitrogens with one attached hydrogen (secondary N) is 1. The molecule has 0 aliphatic rings. The van der Waals surface area contributed by atoms with Crippen molar-refractivity contribution < 1.29 is 24.2 Å². The lowest BCUT2D eigenvalue weighted by Gasteiger charge is -2.20. The van der Waals surface area contributed by atoms with Crippen molar-refractivity contribution in [2.24, 2.45) is 5.92 Å². The Morgan fingerprint density at radius 1 is 0.643 bits per heavy atom. The maximum Gasteiger partial charge on any atom is 0.323 e. The van der Waals surface area contributed by atoms with Gasteiger partial charge in [-0.25, -0.2) is 0 Å². The molecular weight excluding hydrogens is 546 g/mol. The molecule has 0 saturated carbocycles. The predicted octanol–water partition coefficient (Wildman–Crippen LogP) is 9.01.